The van der Waals surface area contributed by atoms with E-state index in [2.05, 4.69) is 40.4 Å². The van der Waals surface area contributed by atoms with Crippen molar-refractivity contribution in [2.45, 2.75) is 25.3 Å². The van der Waals surface area contributed by atoms with E-state index >= 15 is 0 Å². The Kier molecular flexibility index (Phi) is 6.00. The van der Waals surface area contributed by atoms with Crippen LogP contribution in [-0.2, 0) is 11.2 Å². The number of carbonyl (C=O) groups is 1. The minimum Gasteiger partial charge on any atom is -0.481 e. The molecular formula is C23H28FN3O2. The molecule has 4 rings (SSSR count). The molecule has 5 nitrogen and oxygen atoms in total. The first-order valence-electron chi connectivity index (χ1n) is 10.3. The normalized spacial score (nSPS) is 17.2. The Morgan fingerprint density at radius 3 is 2.76 bits per heavy atom. The minimum atomic E-state index is -0.460. The number of anilines is 1. The molecule has 0 saturated carbocycles. The molecule has 0 bridgehead atoms. The molecule has 1 fully saturated rings. The van der Waals surface area contributed by atoms with Gasteiger partial charge in [0.2, 0.25) is 0 Å². The summed E-state index contributed by atoms with van der Waals surface area (Å²) in [6.45, 7) is 3.47. The summed E-state index contributed by atoms with van der Waals surface area (Å²) in [5.74, 6) is -0.599. The van der Waals surface area contributed by atoms with Gasteiger partial charge in [-0.3, -0.25) is 9.69 Å². The Morgan fingerprint density at radius 2 is 1.97 bits per heavy atom. The SMILES string of the molecule is CN1CCc2cc([C@H](CNC(=O)COc3ccccc3F)N3CCCC3)ccc21. The first-order valence-corrected chi connectivity index (χ1v) is 10.3. The number of para-hydroxylation sites is 1. The van der Waals surface area contributed by atoms with Crippen molar-refractivity contribution in [3.05, 3.63) is 59.4 Å². The van der Waals surface area contributed by atoms with Crippen molar-refractivity contribution in [2.75, 3.05) is 44.7 Å². The third kappa shape index (κ3) is 4.53. The van der Waals surface area contributed by atoms with Crippen LogP contribution in [-0.4, -0.2) is 50.6 Å². The highest BCUT2D eigenvalue weighted by Gasteiger charge is 2.26. The minimum absolute atomic E-state index is 0.0986. The number of fused-ring (bicyclic) bond motifs is 1. The van der Waals surface area contributed by atoms with Crippen LogP contribution in [0.15, 0.2) is 42.5 Å². The molecule has 154 valence electrons. The third-order valence-electron chi connectivity index (χ3n) is 5.89. The molecule has 2 aromatic rings. The second kappa shape index (κ2) is 8.82. The van der Waals surface area contributed by atoms with Gasteiger partial charge in [-0.15, -0.1) is 0 Å². The fourth-order valence-electron chi connectivity index (χ4n) is 4.27. The van der Waals surface area contributed by atoms with E-state index in [-0.39, 0.29) is 24.3 Å². The first-order chi connectivity index (χ1) is 14.1. The highest BCUT2D eigenvalue weighted by Crippen LogP contribution is 2.32. The summed E-state index contributed by atoms with van der Waals surface area (Å²) in [5.41, 5.74) is 3.93. The van der Waals surface area contributed by atoms with Gasteiger partial charge in [0, 0.05) is 25.8 Å². The Balaban J connectivity index is 1.40. The predicted molar refractivity (Wildman–Crippen MR) is 112 cm³/mol. The second-order valence-electron chi connectivity index (χ2n) is 7.84. The molecule has 1 saturated heterocycles. The van der Waals surface area contributed by atoms with Gasteiger partial charge >= 0.3 is 0 Å². The second-order valence-corrected chi connectivity index (χ2v) is 7.84. The number of rotatable bonds is 7. The van der Waals surface area contributed by atoms with Crippen LogP contribution in [0.5, 0.6) is 5.75 Å². The van der Waals surface area contributed by atoms with E-state index in [4.69, 9.17) is 4.74 Å². The largest absolute Gasteiger partial charge is 0.481 e. The van der Waals surface area contributed by atoms with E-state index in [9.17, 15) is 9.18 Å². The lowest BCUT2D eigenvalue weighted by Crippen LogP contribution is -2.38. The maximum absolute atomic E-state index is 13.6. The van der Waals surface area contributed by atoms with Crippen molar-refractivity contribution in [3.63, 3.8) is 0 Å². The molecule has 1 amide bonds. The molecule has 2 heterocycles. The number of amides is 1. The number of ether oxygens (including phenoxy) is 1. The van der Waals surface area contributed by atoms with Gasteiger partial charge in [0.15, 0.2) is 18.2 Å². The molecule has 2 aliphatic rings. The first kappa shape index (κ1) is 19.7. The molecule has 2 aromatic carbocycles. The Bertz CT molecular complexity index is 867. The molecule has 2 aliphatic heterocycles. The van der Waals surface area contributed by atoms with Crippen LogP contribution in [0.1, 0.15) is 30.0 Å². The smallest absolute Gasteiger partial charge is 0.258 e. The van der Waals surface area contributed by atoms with Crippen LogP contribution < -0.4 is 15.0 Å². The number of hydrogen-bond acceptors (Lipinski definition) is 4. The summed E-state index contributed by atoms with van der Waals surface area (Å²) in [7, 11) is 2.12. The van der Waals surface area contributed by atoms with Crippen LogP contribution in [0, 0.1) is 5.82 Å². The maximum atomic E-state index is 13.6. The fourth-order valence-corrected chi connectivity index (χ4v) is 4.27. The lowest BCUT2D eigenvalue weighted by molar-refractivity contribution is -0.123. The zero-order valence-corrected chi connectivity index (χ0v) is 16.9. The molecular weight excluding hydrogens is 369 g/mol. The molecule has 0 aliphatic carbocycles. The molecule has 0 spiro atoms. The van der Waals surface area contributed by atoms with Crippen LogP contribution in [0.4, 0.5) is 10.1 Å². The molecule has 0 unspecified atom stereocenters. The highest BCUT2D eigenvalue weighted by molar-refractivity contribution is 5.77. The number of halogens is 1. The number of hydrogen-bond donors (Lipinski definition) is 1. The molecule has 6 heteroatoms. The van der Waals surface area contributed by atoms with Gasteiger partial charge in [-0.05, 0) is 61.7 Å². The standard InChI is InChI=1S/C23H28FN3O2/c1-26-13-10-18-14-17(8-9-20(18)26)21(27-11-4-5-12-27)15-25-23(28)16-29-22-7-3-2-6-19(22)24/h2-3,6-9,14,21H,4-5,10-13,15-16H2,1H3,(H,25,28)/t21-/m0/s1. The number of nitrogens with zero attached hydrogens (tertiary/aromatic N) is 2. The summed E-state index contributed by atoms with van der Waals surface area (Å²) in [6.07, 6.45) is 3.44. The topological polar surface area (TPSA) is 44.8 Å². The fraction of sp³-hybridized carbons (Fsp3) is 0.435. The monoisotopic (exact) mass is 397 g/mol. The number of nitrogens with one attached hydrogen (secondary N) is 1. The summed E-state index contributed by atoms with van der Waals surface area (Å²) in [6, 6.07) is 13.0. The van der Waals surface area contributed by atoms with Crippen LogP contribution >= 0.6 is 0 Å². The van der Waals surface area contributed by atoms with Crippen LogP contribution in [0.25, 0.3) is 0 Å². The van der Waals surface area contributed by atoms with Crippen molar-refractivity contribution < 1.29 is 13.9 Å². The summed E-state index contributed by atoms with van der Waals surface area (Å²) in [5, 5.41) is 2.99. The number of likely N-dealkylation sites (N-methyl/N-ethyl adjacent to an activating group) is 1. The zero-order valence-electron chi connectivity index (χ0n) is 16.9. The van der Waals surface area contributed by atoms with E-state index in [1.54, 1.807) is 12.1 Å². The van der Waals surface area contributed by atoms with E-state index in [1.165, 1.54) is 41.8 Å². The van der Waals surface area contributed by atoms with E-state index < -0.39 is 5.82 Å². The molecule has 29 heavy (non-hydrogen) atoms. The maximum Gasteiger partial charge on any atom is 0.258 e. The lowest BCUT2D eigenvalue weighted by Gasteiger charge is -2.29. The van der Waals surface area contributed by atoms with Gasteiger partial charge in [0.25, 0.3) is 5.91 Å². The molecule has 1 atom stereocenters. The average Bonchev–Trinajstić information content (AvgIpc) is 3.38. The average molecular weight is 397 g/mol. The number of likely N-dealkylation sites (tertiary alicyclic amines) is 1. The molecule has 0 radical (unpaired) electrons. The van der Waals surface area contributed by atoms with E-state index in [1.807, 2.05) is 0 Å². The van der Waals surface area contributed by atoms with Crippen molar-refractivity contribution in [3.8, 4) is 5.75 Å². The van der Waals surface area contributed by atoms with Gasteiger partial charge in [0.1, 0.15) is 0 Å². The Labute approximate surface area is 171 Å². The zero-order chi connectivity index (χ0) is 20.2. The Morgan fingerprint density at radius 1 is 1.17 bits per heavy atom. The van der Waals surface area contributed by atoms with E-state index in [0.717, 1.165) is 26.1 Å². The van der Waals surface area contributed by atoms with E-state index in [0.29, 0.717) is 6.54 Å². The molecule has 0 aromatic heterocycles. The van der Waals surface area contributed by atoms with Crippen molar-refractivity contribution in [2.24, 2.45) is 0 Å². The summed E-state index contributed by atoms with van der Waals surface area (Å²) >= 11 is 0. The summed E-state index contributed by atoms with van der Waals surface area (Å²) < 4.78 is 19.0. The lowest BCUT2D eigenvalue weighted by atomic mass is 10.0. The quantitative estimate of drug-likeness (QED) is 0.780. The van der Waals surface area contributed by atoms with Crippen molar-refractivity contribution in [1.29, 1.82) is 0 Å². The Hall–Kier alpha value is -2.60. The third-order valence-corrected chi connectivity index (χ3v) is 5.89. The van der Waals surface area contributed by atoms with Crippen molar-refractivity contribution in [1.82, 2.24) is 10.2 Å². The number of carbonyl (C=O) groups excluding carboxylic acids is 1. The van der Waals surface area contributed by atoms with Gasteiger partial charge in [0.05, 0.1) is 6.04 Å². The van der Waals surface area contributed by atoms with Gasteiger partial charge < -0.3 is 15.0 Å². The molecule has 1 N–H and O–H groups in total. The van der Waals surface area contributed by atoms with Gasteiger partial charge in [-0.2, -0.15) is 0 Å². The summed E-state index contributed by atoms with van der Waals surface area (Å²) in [4.78, 5) is 17.1. The van der Waals surface area contributed by atoms with Gasteiger partial charge in [-0.1, -0.05) is 24.3 Å². The predicted octanol–water partition coefficient (Wildman–Crippen LogP) is 3.15. The highest BCUT2D eigenvalue weighted by atomic mass is 19.1. The van der Waals surface area contributed by atoms with Crippen LogP contribution in [0.2, 0.25) is 0 Å². The number of benzene rings is 2. The van der Waals surface area contributed by atoms with Crippen LogP contribution in [0.3, 0.4) is 0 Å². The van der Waals surface area contributed by atoms with Gasteiger partial charge in [-0.25, -0.2) is 4.39 Å². The van der Waals surface area contributed by atoms with Crippen molar-refractivity contribution >= 4 is 11.6 Å².